The standard InChI is InChI=1S/C10H7ClF4N4/c11-6-3-5(1-2-7(6)12)19-9(10(13,14)15)8(4-16)17-18-19/h1-3H,4,16H2. The van der Waals surface area contributed by atoms with E-state index in [1.165, 1.54) is 0 Å². The van der Waals surface area contributed by atoms with Crippen LogP contribution in [0.5, 0.6) is 0 Å². The lowest BCUT2D eigenvalue weighted by Gasteiger charge is -2.11. The second kappa shape index (κ2) is 4.78. The highest BCUT2D eigenvalue weighted by atomic mass is 35.5. The minimum atomic E-state index is -4.68. The number of halogens is 5. The highest BCUT2D eigenvalue weighted by molar-refractivity contribution is 6.30. The van der Waals surface area contributed by atoms with Gasteiger partial charge in [-0.25, -0.2) is 9.07 Å². The fourth-order valence-corrected chi connectivity index (χ4v) is 1.71. The van der Waals surface area contributed by atoms with Crippen molar-refractivity contribution in [2.75, 3.05) is 0 Å². The third-order valence-electron chi connectivity index (χ3n) is 2.35. The van der Waals surface area contributed by atoms with Gasteiger partial charge < -0.3 is 5.73 Å². The summed E-state index contributed by atoms with van der Waals surface area (Å²) in [6.07, 6.45) is -4.68. The first-order valence-electron chi connectivity index (χ1n) is 5.02. The van der Waals surface area contributed by atoms with Crippen LogP contribution in [-0.2, 0) is 12.7 Å². The summed E-state index contributed by atoms with van der Waals surface area (Å²) in [5.41, 5.74) is 3.65. The van der Waals surface area contributed by atoms with Gasteiger partial charge in [0.05, 0.1) is 10.7 Å². The van der Waals surface area contributed by atoms with Gasteiger partial charge in [0.1, 0.15) is 11.5 Å². The van der Waals surface area contributed by atoms with Crippen molar-refractivity contribution in [2.45, 2.75) is 12.7 Å². The van der Waals surface area contributed by atoms with Crippen molar-refractivity contribution in [3.05, 3.63) is 40.4 Å². The number of alkyl halides is 3. The van der Waals surface area contributed by atoms with Crippen LogP contribution in [0.1, 0.15) is 11.4 Å². The highest BCUT2D eigenvalue weighted by Crippen LogP contribution is 2.33. The normalized spacial score (nSPS) is 11.9. The first kappa shape index (κ1) is 13.8. The van der Waals surface area contributed by atoms with Gasteiger partial charge >= 0.3 is 6.18 Å². The van der Waals surface area contributed by atoms with Gasteiger partial charge in [-0.3, -0.25) is 0 Å². The molecular weight excluding hydrogens is 288 g/mol. The van der Waals surface area contributed by atoms with E-state index in [9.17, 15) is 17.6 Å². The zero-order chi connectivity index (χ0) is 14.2. The Bertz CT molecular complexity index is 608. The Morgan fingerprint density at radius 2 is 2.00 bits per heavy atom. The Morgan fingerprint density at radius 3 is 2.53 bits per heavy atom. The molecule has 0 bridgehead atoms. The van der Waals surface area contributed by atoms with Crippen molar-refractivity contribution in [2.24, 2.45) is 5.73 Å². The van der Waals surface area contributed by atoms with Gasteiger partial charge in [-0.15, -0.1) is 5.10 Å². The molecule has 102 valence electrons. The predicted octanol–water partition coefficient (Wildman–Crippen LogP) is 2.54. The smallest absolute Gasteiger partial charge is 0.325 e. The highest BCUT2D eigenvalue weighted by Gasteiger charge is 2.39. The van der Waals surface area contributed by atoms with E-state index in [0.717, 1.165) is 18.2 Å². The lowest BCUT2D eigenvalue weighted by Crippen LogP contribution is -2.16. The Morgan fingerprint density at radius 1 is 1.32 bits per heavy atom. The second-order valence-electron chi connectivity index (χ2n) is 3.60. The quantitative estimate of drug-likeness (QED) is 0.866. The number of aromatic nitrogens is 3. The van der Waals surface area contributed by atoms with Gasteiger partial charge in [0.15, 0.2) is 5.69 Å². The minimum Gasteiger partial charge on any atom is -0.325 e. The molecule has 9 heteroatoms. The molecule has 0 aliphatic carbocycles. The van der Waals surface area contributed by atoms with Gasteiger partial charge in [-0.2, -0.15) is 13.2 Å². The summed E-state index contributed by atoms with van der Waals surface area (Å²) < 4.78 is 52.3. The zero-order valence-corrected chi connectivity index (χ0v) is 10.0. The molecule has 0 aliphatic rings. The van der Waals surface area contributed by atoms with E-state index in [0.29, 0.717) is 4.68 Å². The minimum absolute atomic E-state index is 0.0501. The van der Waals surface area contributed by atoms with E-state index >= 15 is 0 Å². The SMILES string of the molecule is NCc1nnn(-c2ccc(F)c(Cl)c2)c1C(F)(F)F. The molecule has 0 atom stereocenters. The van der Waals surface area contributed by atoms with Crippen molar-refractivity contribution in [1.82, 2.24) is 15.0 Å². The molecule has 0 aliphatic heterocycles. The van der Waals surface area contributed by atoms with Gasteiger partial charge in [0, 0.05) is 6.54 Å². The summed E-state index contributed by atoms with van der Waals surface area (Å²) in [7, 11) is 0. The van der Waals surface area contributed by atoms with E-state index in [1.807, 2.05) is 0 Å². The maximum Gasteiger partial charge on any atom is 0.435 e. The van der Waals surface area contributed by atoms with Crippen molar-refractivity contribution in [1.29, 1.82) is 0 Å². The lowest BCUT2D eigenvalue weighted by molar-refractivity contribution is -0.143. The molecule has 0 radical (unpaired) electrons. The van der Waals surface area contributed by atoms with Crippen molar-refractivity contribution >= 4 is 11.6 Å². The predicted molar refractivity (Wildman–Crippen MR) is 59.2 cm³/mol. The van der Waals surface area contributed by atoms with E-state index in [1.54, 1.807) is 0 Å². The average Bonchev–Trinajstić information content (AvgIpc) is 2.76. The van der Waals surface area contributed by atoms with Crippen LogP contribution in [0, 0.1) is 5.82 Å². The summed E-state index contributed by atoms with van der Waals surface area (Å²) in [4.78, 5) is 0. The summed E-state index contributed by atoms with van der Waals surface area (Å²) in [5.74, 6) is -0.738. The molecule has 0 amide bonds. The van der Waals surface area contributed by atoms with Crippen molar-refractivity contribution < 1.29 is 17.6 Å². The molecule has 4 nitrogen and oxygen atoms in total. The molecule has 1 aromatic heterocycles. The third kappa shape index (κ3) is 2.54. The molecule has 0 unspecified atom stereocenters. The Hall–Kier alpha value is -1.67. The van der Waals surface area contributed by atoms with Crippen LogP contribution in [0.4, 0.5) is 17.6 Å². The fourth-order valence-electron chi connectivity index (χ4n) is 1.53. The monoisotopic (exact) mass is 294 g/mol. The van der Waals surface area contributed by atoms with Crippen LogP contribution in [0.3, 0.4) is 0 Å². The molecule has 0 saturated heterocycles. The van der Waals surface area contributed by atoms with Crippen LogP contribution >= 0.6 is 11.6 Å². The van der Waals surface area contributed by atoms with Crippen LogP contribution in [-0.4, -0.2) is 15.0 Å². The Kier molecular flexibility index (Phi) is 3.46. The van der Waals surface area contributed by atoms with Crippen LogP contribution in [0.15, 0.2) is 18.2 Å². The zero-order valence-electron chi connectivity index (χ0n) is 9.25. The van der Waals surface area contributed by atoms with E-state index in [4.69, 9.17) is 17.3 Å². The van der Waals surface area contributed by atoms with E-state index < -0.39 is 29.9 Å². The van der Waals surface area contributed by atoms with E-state index in [-0.39, 0.29) is 10.7 Å². The van der Waals surface area contributed by atoms with Crippen LogP contribution in [0.2, 0.25) is 5.02 Å². The number of nitrogens with two attached hydrogens (primary N) is 1. The maximum absolute atomic E-state index is 13.0. The topological polar surface area (TPSA) is 56.7 Å². The largest absolute Gasteiger partial charge is 0.435 e. The number of hydrogen-bond donors (Lipinski definition) is 1. The molecule has 0 fully saturated rings. The first-order valence-corrected chi connectivity index (χ1v) is 5.39. The molecule has 0 saturated carbocycles. The molecule has 19 heavy (non-hydrogen) atoms. The molecular formula is C10H7ClF4N4. The molecule has 0 spiro atoms. The fraction of sp³-hybridized carbons (Fsp3) is 0.200. The maximum atomic E-state index is 13.0. The Labute approximate surface area is 109 Å². The van der Waals surface area contributed by atoms with Crippen LogP contribution < -0.4 is 5.73 Å². The van der Waals surface area contributed by atoms with Crippen molar-refractivity contribution in [3.8, 4) is 5.69 Å². The second-order valence-corrected chi connectivity index (χ2v) is 4.00. The number of rotatable bonds is 2. The summed E-state index contributed by atoms with van der Waals surface area (Å²) in [6.45, 7) is -0.413. The number of benzene rings is 1. The summed E-state index contributed by atoms with van der Waals surface area (Å²) in [5, 5.41) is 6.43. The van der Waals surface area contributed by atoms with E-state index in [2.05, 4.69) is 10.3 Å². The third-order valence-corrected chi connectivity index (χ3v) is 2.64. The molecule has 2 aromatic rings. The molecule has 2 N–H and O–H groups in total. The average molecular weight is 295 g/mol. The summed E-state index contributed by atoms with van der Waals surface area (Å²) >= 11 is 5.53. The van der Waals surface area contributed by atoms with Crippen LogP contribution in [0.25, 0.3) is 5.69 Å². The lowest BCUT2D eigenvalue weighted by atomic mass is 10.2. The number of hydrogen-bond acceptors (Lipinski definition) is 3. The molecule has 2 rings (SSSR count). The van der Waals surface area contributed by atoms with Gasteiger partial charge in [0.25, 0.3) is 0 Å². The van der Waals surface area contributed by atoms with Gasteiger partial charge in [-0.1, -0.05) is 16.8 Å². The number of nitrogens with zero attached hydrogens (tertiary/aromatic N) is 3. The van der Waals surface area contributed by atoms with Crippen molar-refractivity contribution in [3.63, 3.8) is 0 Å². The molecule has 1 heterocycles. The summed E-state index contributed by atoms with van der Waals surface area (Å²) in [6, 6.07) is 3.09. The first-order chi connectivity index (χ1) is 8.84. The molecule has 1 aromatic carbocycles. The van der Waals surface area contributed by atoms with Gasteiger partial charge in [0.2, 0.25) is 0 Å². The van der Waals surface area contributed by atoms with Gasteiger partial charge in [-0.05, 0) is 18.2 Å². The Balaban J connectivity index is 2.62.